The highest BCUT2D eigenvalue weighted by Crippen LogP contribution is 2.24. The minimum Gasteiger partial charge on any atom is -0.365 e. The van der Waals surface area contributed by atoms with E-state index in [0.29, 0.717) is 5.89 Å². The van der Waals surface area contributed by atoms with Gasteiger partial charge >= 0.3 is 0 Å². The maximum Gasteiger partial charge on any atom is 0.260 e. The summed E-state index contributed by atoms with van der Waals surface area (Å²) in [6, 6.07) is 8.41. The number of hydrogen-bond acceptors (Lipinski definition) is 5. The molecule has 0 spiro atoms. The first-order valence-corrected chi connectivity index (χ1v) is 5.22. The SMILES string of the molecule is Nc1noc([C@@H]2Cc3ccccc3CN2)n1. The quantitative estimate of drug-likeness (QED) is 0.744. The molecule has 3 N–H and O–H groups in total. The molecule has 2 heterocycles. The van der Waals surface area contributed by atoms with Crippen LogP contribution < -0.4 is 11.1 Å². The predicted octanol–water partition coefficient (Wildman–Crippen LogP) is 1.04. The van der Waals surface area contributed by atoms with Gasteiger partial charge in [0.2, 0.25) is 5.89 Å². The monoisotopic (exact) mass is 216 g/mol. The van der Waals surface area contributed by atoms with Crippen molar-refractivity contribution in [3.63, 3.8) is 0 Å². The Balaban J connectivity index is 1.88. The summed E-state index contributed by atoms with van der Waals surface area (Å²) >= 11 is 0. The lowest BCUT2D eigenvalue weighted by Crippen LogP contribution is -2.28. The van der Waals surface area contributed by atoms with Crippen molar-refractivity contribution in [1.29, 1.82) is 0 Å². The summed E-state index contributed by atoms with van der Waals surface area (Å²) < 4.78 is 5.07. The first kappa shape index (κ1) is 9.35. The fourth-order valence-corrected chi connectivity index (χ4v) is 2.02. The summed E-state index contributed by atoms with van der Waals surface area (Å²) in [5, 5.41) is 6.95. The van der Waals surface area contributed by atoms with E-state index in [4.69, 9.17) is 10.3 Å². The molecule has 82 valence electrons. The van der Waals surface area contributed by atoms with Crippen molar-refractivity contribution in [3.05, 3.63) is 41.3 Å². The number of nitrogen functional groups attached to an aromatic ring is 1. The van der Waals surface area contributed by atoms with Crippen LogP contribution in [0.2, 0.25) is 0 Å². The molecule has 0 aliphatic carbocycles. The Morgan fingerprint density at radius 1 is 1.31 bits per heavy atom. The van der Waals surface area contributed by atoms with E-state index >= 15 is 0 Å². The van der Waals surface area contributed by atoms with Gasteiger partial charge in [-0.3, -0.25) is 0 Å². The molecule has 16 heavy (non-hydrogen) atoms. The Bertz CT molecular complexity index is 508. The zero-order valence-corrected chi connectivity index (χ0v) is 8.68. The number of nitrogens with zero attached hydrogens (tertiary/aromatic N) is 2. The van der Waals surface area contributed by atoms with Gasteiger partial charge in [-0.05, 0) is 22.7 Å². The minimum absolute atomic E-state index is 0.0692. The van der Waals surface area contributed by atoms with Gasteiger partial charge in [0.25, 0.3) is 5.95 Å². The van der Waals surface area contributed by atoms with Gasteiger partial charge in [-0.15, -0.1) is 0 Å². The van der Waals surface area contributed by atoms with Crippen LogP contribution in [0.3, 0.4) is 0 Å². The van der Waals surface area contributed by atoms with E-state index in [1.807, 2.05) is 12.1 Å². The van der Waals surface area contributed by atoms with Crippen LogP contribution in [0.1, 0.15) is 23.1 Å². The topological polar surface area (TPSA) is 77.0 Å². The van der Waals surface area contributed by atoms with Gasteiger partial charge in [-0.1, -0.05) is 24.3 Å². The van der Waals surface area contributed by atoms with Crippen molar-refractivity contribution in [3.8, 4) is 0 Å². The molecule has 5 nitrogen and oxygen atoms in total. The van der Waals surface area contributed by atoms with Crippen molar-refractivity contribution >= 4 is 5.95 Å². The van der Waals surface area contributed by atoms with Crippen LogP contribution in [-0.2, 0) is 13.0 Å². The first-order chi connectivity index (χ1) is 7.83. The number of anilines is 1. The Morgan fingerprint density at radius 3 is 2.88 bits per heavy atom. The highest BCUT2D eigenvalue weighted by molar-refractivity contribution is 5.30. The Hall–Kier alpha value is -1.88. The van der Waals surface area contributed by atoms with Crippen molar-refractivity contribution in [2.24, 2.45) is 0 Å². The van der Waals surface area contributed by atoms with E-state index in [9.17, 15) is 0 Å². The molecule has 0 unspecified atom stereocenters. The fourth-order valence-electron chi connectivity index (χ4n) is 2.02. The summed E-state index contributed by atoms with van der Waals surface area (Å²) in [6.07, 6.45) is 0.859. The van der Waals surface area contributed by atoms with Gasteiger partial charge < -0.3 is 15.6 Å². The van der Waals surface area contributed by atoms with Gasteiger partial charge in [0.05, 0.1) is 6.04 Å². The molecule has 0 saturated heterocycles. The predicted molar refractivity (Wildman–Crippen MR) is 58.4 cm³/mol. The van der Waals surface area contributed by atoms with Gasteiger partial charge in [0, 0.05) is 6.54 Å². The molecule has 0 radical (unpaired) electrons. The Morgan fingerprint density at radius 2 is 2.12 bits per heavy atom. The van der Waals surface area contributed by atoms with Crippen molar-refractivity contribution in [2.45, 2.75) is 19.0 Å². The average Bonchev–Trinajstić information content (AvgIpc) is 2.75. The maximum atomic E-state index is 5.44. The summed E-state index contributed by atoms with van der Waals surface area (Å²) in [7, 11) is 0. The normalized spacial score (nSPS) is 19.4. The molecule has 1 aliphatic rings. The number of aromatic nitrogens is 2. The van der Waals surface area contributed by atoms with Crippen LogP contribution >= 0.6 is 0 Å². The molecule has 1 aliphatic heterocycles. The van der Waals surface area contributed by atoms with E-state index < -0.39 is 0 Å². The summed E-state index contributed by atoms with van der Waals surface area (Å²) in [5.41, 5.74) is 8.08. The first-order valence-electron chi connectivity index (χ1n) is 5.22. The molecule has 0 saturated carbocycles. The zero-order valence-electron chi connectivity index (χ0n) is 8.68. The zero-order chi connectivity index (χ0) is 11.0. The van der Waals surface area contributed by atoms with Gasteiger partial charge in [0.15, 0.2) is 0 Å². The van der Waals surface area contributed by atoms with Gasteiger partial charge in [0.1, 0.15) is 0 Å². The van der Waals surface area contributed by atoms with Crippen molar-refractivity contribution < 1.29 is 4.52 Å². The molecule has 5 heteroatoms. The second-order valence-corrected chi connectivity index (χ2v) is 3.90. The third-order valence-corrected chi connectivity index (χ3v) is 2.84. The summed E-state index contributed by atoms with van der Waals surface area (Å²) in [6.45, 7) is 0.823. The van der Waals surface area contributed by atoms with E-state index in [-0.39, 0.29) is 12.0 Å². The average molecular weight is 216 g/mol. The van der Waals surface area contributed by atoms with Crippen LogP contribution in [0.15, 0.2) is 28.8 Å². The Labute approximate surface area is 92.7 Å². The molecule has 1 aromatic carbocycles. The highest BCUT2D eigenvalue weighted by Gasteiger charge is 2.23. The third-order valence-electron chi connectivity index (χ3n) is 2.84. The lowest BCUT2D eigenvalue weighted by atomic mass is 9.96. The van der Waals surface area contributed by atoms with Crippen LogP contribution in [-0.4, -0.2) is 10.1 Å². The number of nitrogens with two attached hydrogens (primary N) is 1. The standard InChI is InChI=1S/C11H12N4O/c12-11-14-10(16-15-11)9-5-7-3-1-2-4-8(7)6-13-9/h1-4,9,13H,5-6H2,(H2,12,15)/t9-/m0/s1. The lowest BCUT2D eigenvalue weighted by molar-refractivity contribution is 0.321. The number of hydrogen-bond donors (Lipinski definition) is 2. The molecular weight excluding hydrogens is 204 g/mol. The van der Waals surface area contributed by atoms with E-state index in [1.165, 1.54) is 11.1 Å². The maximum absolute atomic E-state index is 5.44. The third kappa shape index (κ3) is 1.55. The van der Waals surface area contributed by atoms with Gasteiger partial charge in [-0.25, -0.2) is 0 Å². The molecule has 0 bridgehead atoms. The smallest absolute Gasteiger partial charge is 0.260 e. The molecule has 2 aromatic rings. The molecule has 0 amide bonds. The molecular formula is C11H12N4O. The van der Waals surface area contributed by atoms with Gasteiger partial charge in [-0.2, -0.15) is 4.98 Å². The number of nitrogens with one attached hydrogen (secondary N) is 1. The highest BCUT2D eigenvalue weighted by atomic mass is 16.5. The fraction of sp³-hybridized carbons (Fsp3) is 0.273. The number of rotatable bonds is 1. The molecule has 1 atom stereocenters. The van der Waals surface area contributed by atoms with Crippen LogP contribution in [0.4, 0.5) is 5.95 Å². The molecule has 1 aromatic heterocycles. The van der Waals surface area contributed by atoms with E-state index in [0.717, 1.165) is 13.0 Å². The van der Waals surface area contributed by atoms with Crippen LogP contribution in [0, 0.1) is 0 Å². The van der Waals surface area contributed by atoms with Crippen LogP contribution in [0.5, 0.6) is 0 Å². The largest absolute Gasteiger partial charge is 0.365 e. The number of benzene rings is 1. The van der Waals surface area contributed by atoms with Crippen molar-refractivity contribution in [2.75, 3.05) is 5.73 Å². The second kappa shape index (κ2) is 3.61. The van der Waals surface area contributed by atoms with Crippen LogP contribution in [0.25, 0.3) is 0 Å². The summed E-state index contributed by atoms with van der Waals surface area (Å²) in [5.74, 6) is 0.752. The Kier molecular flexibility index (Phi) is 2.11. The number of fused-ring (bicyclic) bond motifs is 1. The van der Waals surface area contributed by atoms with E-state index in [1.54, 1.807) is 0 Å². The van der Waals surface area contributed by atoms with E-state index in [2.05, 4.69) is 27.6 Å². The summed E-state index contributed by atoms with van der Waals surface area (Å²) in [4.78, 5) is 4.04. The lowest BCUT2D eigenvalue weighted by Gasteiger charge is -2.23. The van der Waals surface area contributed by atoms with Crippen molar-refractivity contribution in [1.82, 2.24) is 15.5 Å². The second-order valence-electron chi connectivity index (χ2n) is 3.90. The molecule has 3 rings (SSSR count). The molecule has 0 fully saturated rings. The minimum atomic E-state index is 0.0692.